The van der Waals surface area contributed by atoms with Crippen molar-refractivity contribution in [2.75, 3.05) is 25.7 Å². The van der Waals surface area contributed by atoms with Gasteiger partial charge in [0, 0.05) is 29.6 Å². The van der Waals surface area contributed by atoms with Gasteiger partial charge in [-0.05, 0) is 30.7 Å². The Labute approximate surface area is 172 Å². The number of nitrogens with one attached hydrogen (secondary N) is 1. The number of rotatable bonds is 4. The fraction of sp³-hybridized carbons (Fsp3) is 0.375. The summed E-state index contributed by atoms with van der Waals surface area (Å²) in [6.07, 6.45) is 4.62. The molecule has 1 fully saturated rings. The van der Waals surface area contributed by atoms with E-state index >= 15 is 0 Å². The lowest BCUT2D eigenvalue weighted by Gasteiger charge is -2.49. The predicted octanol–water partition coefficient (Wildman–Crippen LogP) is 4.04. The van der Waals surface area contributed by atoms with Crippen LogP contribution in [0.3, 0.4) is 0 Å². The highest BCUT2D eigenvalue weighted by Crippen LogP contribution is 2.52. The van der Waals surface area contributed by atoms with Crippen molar-refractivity contribution < 1.29 is 14.3 Å². The minimum absolute atomic E-state index is 0.0705. The molecule has 0 saturated carbocycles. The molecule has 5 nitrogen and oxygen atoms in total. The van der Waals surface area contributed by atoms with Crippen molar-refractivity contribution in [1.29, 1.82) is 0 Å². The quantitative estimate of drug-likeness (QED) is 0.853. The van der Waals surface area contributed by atoms with Crippen LogP contribution in [0.5, 0.6) is 11.5 Å². The van der Waals surface area contributed by atoms with Crippen LogP contribution < -0.4 is 19.7 Å². The van der Waals surface area contributed by atoms with Crippen molar-refractivity contribution in [3.63, 3.8) is 0 Å². The van der Waals surface area contributed by atoms with Crippen LogP contribution >= 0.6 is 0 Å². The van der Waals surface area contributed by atoms with E-state index in [1.807, 2.05) is 24.3 Å². The van der Waals surface area contributed by atoms with Crippen LogP contribution in [0.2, 0.25) is 0 Å². The van der Waals surface area contributed by atoms with Crippen LogP contribution in [0.15, 0.2) is 42.5 Å². The molecule has 152 valence electrons. The Morgan fingerprint density at radius 1 is 1.14 bits per heavy atom. The average molecular weight is 392 g/mol. The van der Waals surface area contributed by atoms with E-state index in [1.165, 1.54) is 16.8 Å². The average Bonchev–Trinajstić information content (AvgIpc) is 2.89. The molecule has 1 saturated heterocycles. The van der Waals surface area contributed by atoms with Crippen LogP contribution in [-0.4, -0.2) is 32.3 Å². The summed E-state index contributed by atoms with van der Waals surface area (Å²) in [4.78, 5) is 14.9. The number of fused-ring (bicyclic) bond motifs is 3. The van der Waals surface area contributed by atoms with E-state index in [9.17, 15) is 4.79 Å². The van der Waals surface area contributed by atoms with Crippen LogP contribution in [0, 0.1) is 6.92 Å². The number of benzene rings is 2. The number of carbonyl (C=O) groups excluding carboxylic acids is 1. The number of hydrogen-bond donors (Lipinski definition) is 1. The minimum Gasteiger partial charge on any atom is -0.493 e. The molecule has 0 spiro atoms. The van der Waals surface area contributed by atoms with E-state index in [0.717, 1.165) is 5.56 Å². The fourth-order valence-corrected chi connectivity index (χ4v) is 4.72. The molecular weight excluding hydrogens is 364 g/mol. The number of amides is 1. The molecule has 2 heterocycles. The van der Waals surface area contributed by atoms with Crippen molar-refractivity contribution >= 4 is 17.7 Å². The van der Waals surface area contributed by atoms with Crippen molar-refractivity contribution in [3.8, 4) is 11.5 Å². The molecule has 0 aliphatic carbocycles. The lowest BCUT2D eigenvalue weighted by molar-refractivity contribution is -0.124. The van der Waals surface area contributed by atoms with Crippen LogP contribution in [-0.2, 0) is 10.2 Å². The normalized spacial score (nSPS) is 22.2. The van der Waals surface area contributed by atoms with Gasteiger partial charge < -0.3 is 19.7 Å². The van der Waals surface area contributed by atoms with Crippen molar-refractivity contribution in [2.45, 2.75) is 38.3 Å². The third-order valence-corrected chi connectivity index (χ3v) is 6.32. The maximum Gasteiger partial charge on any atom is 0.223 e. The van der Waals surface area contributed by atoms with E-state index in [2.05, 4.69) is 55.3 Å². The summed E-state index contributed by atoms with van der Waals surface area (Å²) in [7, 11) is 3.27. The maximum absolute atomic E-state index is 12.5. The van der Waals surface area contributed by atoms with Crippen molar-refractivity contribution in [3.05, 3.63) is 59.2 Å². The Balaban J connectivity index is 1.86. The second-order valence-electron chi connectivity index (χ2n) is 8.28. The molecule has 1 amide bonds. The molecule has 4 rings (SSSR count). The first kappa shape index (κ1) is 19.4. The zero-order chi connectivity index (χ0) is 20.8. The van der Waals surface area contributed by atoms with E-state index in [-0.39, 0.29) is 11.3 Å². The second kappa shape index (κ2) is 6.83. The predicted molar refractivity (Wildman–Crippen MR) is 116 cm³/mol. The number of hydrogen-bond acceptors (Lipinski definition) is 4. The lowest BCUT2D eigenvalue weighted by atomic mass is 9.74. The van der Waals surface area contributed by atoms with E-state index in [4.69, 9.17) is 9.47 Å². The Bertz CT molecular complexity index is 996. The van der Waals surface area contributed by atoms with Gasteiger partial charge in [0.15, 0.2) is 11.5 Å². The number of methoxy groups -OCH3 is 2. The SMILES string of the molecule is COc1cccc(/C=C/[C@]23NC(=O)CCN2c2ccc(C)cc2C3(C)C)c1OC. The van der Waals surface area contributed by atoms with Gasteiger partial charge >= 0.3 is 0 Å². The molecule has 0 radical (unpaired) electrons. The number of para-hydroxylation sites is 1. The fourth-order valence-electron chi connectivity index (χ4n) is 4.72. The molecule has 0 unspecified atom stereocenters. The monoisotopic (exact) mass is 392 g/mol. The number of nitrogens with zero attached hydrogens (tertiary/aromatic N) is 1. The highest BCUT2D eigenvalue weighted by atomic mass is 16.5. The highest BCUT2D eigenvalue weighted by Gasteiger charge is 2.57. The van der Waals surface area contributed by atoms with Gasteiger partial charge in [0.25, 0.3) is 0 Å². The van der Waals surface area contributed by atoms with Gasteiger partial charge in [-0.25, -0.2) is 0 Å². The molecule has 1 atom stereocenters. The minimum atomic E-state index is -0.646. The van der Waals surface area contributed by atoms with E-state index in [1.54, 1.807) is 14.2 Å². The van der Waals surface area contributed by atoms with Crippen LogP contribution in [0.1, 0.15) is 37.0 Å². The van der Waals surface area contributed by atoms with Gasteiger partial charge in [0.05, 0.1) is 14.2 Å². The Hall–Kier alpha value is -2.95. The third kappa shape index (κ3) is 2.79. The largest absolute Gasteiger partial charge is 0.493 e. The molecule has 29 heavy (non-hydrogen) atoms. The molecule has 2 aliphatic heterocycles. The first-order valence-electron chi connectivity index (χ1n) is 9.94. The number of ether oxygens (including phenoxy) is 2. The van der Waals surface area contributed by atoms with Crippen LogP contribution in [0.4, 0.5) is 5.69 Å². The lowest BCUT2D eigenvalue weighted by Crippen LogP contribution is -2.68. The first-order chi connectivity index (χ1) is 13.8. The summed E-state index contributed by atoms with van der Waals surface area (Å²) in [6.45, 7) is 7.19. The second-order valence-corrected chi connectivity index (χ2v) is 8.28. The van der Waals surface area contributed by atoms with Gasteiger partial charge in [-0.1, -0.05) is 49.8 Å². The molecule has 2 aromatic carbocycles. The van der Waals surface area contributed by atoms with Crippen LogP contribution in [0.25, 0.3) is 6.08 Å². The van der Waals surface area contributed by atoms with Gasteiger partial charge in [-0.3, -0.25) is 4.79 Å². The van der Waals surface area contributed by atoms with E-state index in [0.29, 0.717) is 24.5 Å². The Morgan fingerprint density at radius 3 is 2.66 bits per heavy atom. The molecule has 2 aromatic rings. The molecular formula is C24H28N2O3. The molecule has 0 bridgehead atoms. The smallest absolute Gasteiger partial charge is 0.223 e. The maximum atomic E-state index is 12.5. The summed E-state index contributed by atoms with van der Waals surface area (Å²) in [5, 5.41) is 3.31. The zero-order valence-electron chi connectivity index (χ0n) is 17.7. The number of anilines is 1. The summed E-state index contributed by atoms with van der Waals surface area (Å²) >= 11 is 0. The van der Waals surface area contributed by atoms with Gasteiger partial charge in [-0.2, -0.15) is 0 Å². The van der Waals surface area contributed by atoms with Gasteiger partial charge in [0.2, 0.25) is 5.91 Å². The molecule has 1 N–H and O–H groups in total. The summed E-state index contributed by atoms with van der Waals surface area (Å²) < 4.78 is 11.0. The van der Waals surface area contributed by atoms with Gasteiger partial charge in [0.1, 0.15) is 5.66 Å². The zero-order valence-corrected chi connectivity index (χ0v) is 17.7. The highest BCUT2D eigenvalue weighted by molar-refractivity contribution is 5.85. The van der Waals surface area contributed by atoms with Crippen molar-refractivity contribution in [2.24, 2.45) is 0 Å². The number of carbonyl (C=O) groups is 1. The van der Waals surface area contributed by atoms with Crippen molar-refractivity contribution in [1.82, 2.24) is 5.32 Å². The van der Waals surface area contributed by atoms with Gasteiger partial charge in [-0.15, -0.1) is 0 Å². The summed E-state index contributed by atoms with van der Waals surface area (Å²) in [5.74, 6) is 1.43. The molecule has 0 aromatic heterocycles. The van der Waals surface area contributed by atoms with E-state index < -0.39 is 5.66 Å². The Kier molecular flexibility index (Phi) is 4.56. The standard InChI is InChI=1S/C24H28N2O3/c1-16-9-10-19-18(15-16)23(2,3)24(25-21(27)12-14-26(19)24)13-11-17-7-6-8-20(28-4)22(17)29-5/h6-11,13,15H,12,14H2,1-5H3,(H,25,27)/b13-11+/t24-/m0/s1. The molecule has 5 heteroatoms. The topological polar surface area (TPSA) is 50.8 Å². The molecule has 2 aliphatic rings. The Morgan fingerprint density at radius 2 is 1.93 bits per heavy atom. The summed E-state index contributed by atoms with van der Waals surface area (Å²) in [5.41, 5.74) is 3.60. The third-order valence-electron chi connectivity index (χ3n) is 6.32. The first-order valence-corrected chi connectivity index (χ1v) is 9.94. The number of aryl methyl sites for hydroxylation is 1. The summed E-state index contributed by atoms with van der Waals surface area (Å²) in [6, 6.07) is 12.3.